The van der Waals surface area contributed by atoms with Crippen molar-refractivity contribution < 1.29 is 0 Å². The molecule has 20 heavy (non-hydrogen) atoms. The van der Waals surface area contributed by atoms with Crippen LogP contribution < -0.4 is 0 Å². The van der Waals surface area contributed by atoms with Crippen LogP contribution in [0, 0.1) is 11.3 Å². The van der Waals surface area contributed by atoms with Gasteiger partial charge in [0.05, 0.1) is 5.56 Å². The fourth-order valence-corrected chi connectivity index (χ4v) is 2.88. The van der Waals surface area contributed by atoms with E-state index in [-0.39, 0.29) is 0 Å². The normalized spacial score (nSPS) is 10.9. The Labute approximate surface area is 116 Å². The van der Waals surface area contributed by atoms with E-state index in [2.05, 4.69) is 42.5 Å². The zero-order valence-electron chi connectivity index (χ0n) is 10.8. The maximum absolute atomic E-state index is 9.56. The molecule has 0 aromatic heterocycles. The van der Waals surface area contributed by atoms with Gasteiger partial charge in [0.15, 0.2) is 0 Å². The molecule has 0 bridgehead atoms. The van der Waals surface area contributed by atoms with Crippen molar-refractivity contribution in [2.75, 3.05) is 0 Å². The summed E-state index contributed by atoms with van der Waals surface area (Å²) in [4.78, 5) is 0. The van der Waals surface area contributed by atoms with E-state index in [1.54, 1.807) is 0 Å². The molecule has 0 N–H and O–H groups in total. The maximum atomic E-state index is 9.56. The van der Waals surface area contributed by atoms with E-state index in [4.69, 9.17) is 0 Å². The van der Waals surface area contributed by atoms with Gasteiger partial charge in [-0.05, 0) is 39.7 Å². The second-order valence-electron chi connectivity index (χ2n) is 5.01. The summed E-state index contributed by atoms with van der Waals surface area (Å²) in [6.45, 7) is 0. The molecule has 0 aliphatic heterocycles. The maximum Gasteiger partial charge on any atom is 0.100 e. The van der Waals surface area contributed by atoms with Gasteiger partial charge in [-0.25, -0.2) is 0 Å². The first-order chi connectivity index (χ1) is 9.86. The predicted molar refractivity (Wildman–Crippen MR) is 83.7 cm³/mol. The highest BCUT2D eigenvalue weighted by atomic mass is 14.2. The molecule has 0 saturated heterocycles. The molecule has 0 unspecified atom stereocenters. The van der Waals surface area contributed by atoms with Gasteiger partial charge < -0.3 is 0 Å². The molecule has 1 nitrogen and oxygen atoms in total. The van der Waals surface area contributed by atoms with Gasteiger partial charge in [-0.1, -0.05) is 48.5 Å². The number of nitriles is 1. The second kappa shape index (κ2) is 4.08. The van der Waals surface area contributed by atoms with Crippen LogP contribution in [0.1, 0.15) is 5.56 Å². The topological polar surface area (TPSA) is 23.8 Å². The molecule has 0 fully saturated rings. The molecule has 0 amide bonds. The van der Waals surface area contributed by atoms with Crippen molar-refractivity contribution in [3.8, 4) is 6.07 Å². The minimum atomic E-state index is 0.767. The third-order valence-electron chi connectivity index (χ3n) is 3.84. The Morgan fingerprint density at radius 3 is 1.95 bits per heavy atom. The Kier molecular flexibility index (Phi) is 2.25. The van der Waals surface area contributed by atoms with Crippen LogP contribution >= 0.6 is 0 Å². The molecule has 0 aliphatic carbocycles. The third-order valence-corrected chi connectivity index (χ3v) is 3.84. The molecular formula is C19H11N. The number of fused-ring (bicyclic) bond motifs is 3. The molecule has 92 valence electrons. The van der Waals surface area contributed by atoms with Gasteiger partial charge in [-0.15, -0.1) is 0 Å². The summed E-state index contributed by atoms with van der Waals surface area (Å²) in [5, 5.41) is 16.2. The zero-order valence-corrected chi connectivity index (χ0v) is 10.8. The van der Waals surface area contributed by atoms with Gasteiger partial charge in [0.25, 0.3) is 0 Å². The summed E-state index contributed by atoms with van der Waals surface area (Å²) in [7, 11) is 0. The van der Waals surface area contributed by atoms with E-state index in [0.717, 1.165) is 27.1 Å². The summed E-state index contributed by atoms with van der Waals surface area (Å²) in [5.74, 6) is 0. The lowest BCUT2D eigenvalue weighted by atomic mass is 9.95. The minimum Gasteiger partial charge on any atom is -0.192 e. The highest BCUT2D eigenvalue weighted by molar-refractivity contribution is 6.09. The van der Waals surface area contributed by atoms with Crippen LogP contribution in [0.25, 0.3) is 32.3 Å². The highest BCUT2D eigenvalue weighted by Crippen LogP contribution is 2.31. The van der Waals surface area contributed by atoms with Crippen molar-refractivity contribution >= 4 is 32.3 Å². The quantitative estimate of drug-likeness (QED) is 0.404. The Balaban J connectivity index is 2.29. The van der Waals surface area contributed by atoms with Crippen molar-refractivity contribution in [1.29, 1.82) is 5.26 Å². The smallest absolute Gasteiger partial charge is 0.100 e. The van der Waals surface area contributed by atoms with Gasteiger partial charge in [0.2, 0.25) is 0 Å². The first-order valence-electron chi connectivity index (χ1n) is 6.61. The zero-order chi connectivity index (χ0) is 13.5. The van der Waals surface area contributed by atoms with E-state index in [1.807, 2.05) is 30.3 Å². The molecule has 0 radical (unpaired) electrons. The summed E-state index contributed by atoms with van der Waals surface area (Å²) >= 11 is 0. The molecule has 0 atom stereocenters. The van der Waals surface area contributed by atoms with Crippen LogP contribution in [0.3, 0.4) is 0 Å². The number of benzene rings is 4. The molecule has 0 heterocycles. The van der Waals surface area contributed by atoms with Crippen molar-refractivity contribution in [3.63, 3.8) is 0 Å². The number of rotatable bonds is 0. The van der Waals surface area contributed by atoms with Crippen LogP contribution in [-0.4, -0.2) is 0 Å². The van der Waals surface area contributed by atoms with Crippen LogP contribution in [-0.2, 0) is 0 Å². The molecule has 4 aromatic carbocycles. The molecule has 4 aromatic rings. The van der Waals surface area contributed by atoms with Crippen molar-refractivity contribution in [1.82, 2.24) is 0 Å². The molecule has 0 aliphatic rings. The monoisotopic (exact) mass is 253 g/mol. The van der Waals surface area contributed by atoms with E-state index in [0.29, 0.717) is 0 Å². The van der Waals surface area contributed by atoms with Gasteiger partial charge >= 0.3 is 0 Å². The average Bonchev–Trinajstić information content (AvgIpc) is 2.50. The Morgan fingerprint density at radius 2 is 1.20 bits per heavy atom. The SMILES string of the molecule is N#Cc1c2ccccc2cc2cc3ccccc3cc12. The Bertz CT molecular complexity index is 1000. The van der Waals surface area contributed by atoms with Crippen molar-refractivity contribution in [2.24, 2.45) is 0 Å². The summed E-state index contributed by atoms with van der Waals surface area (Å²) in [6, 6.07) is 25.2. The molecular weight excluding hydrogens is 242 g/mol. The lowest BCUT2D eigenvalue weighted by Crippen LogP contribution is -1.85. The molecule has 4 rings (SSSR count). The van der Waals surface area contributed by atoms with E-state index < -0.39 is 0 Å². The van der Waals surface area contributed by atoms with E-state index in [9.17, 15) is 5.26 Å². The number of hydrogen-bond acceptors (Lipinski definition) is 1. The van der Waals surface area contributed by atoms with Gasteiger partial charge in [0, 0.05) is 10.8 Å². The summed E-state index contributed by atoms with van der Waals surface area (Å²) in [5.41, 5.74) is 0.767. The molecule has 0 spiro atoms. The number of nitrogens with zero attached hydrogens (tertiary/aromatic N) is 1. The fourth-order valence-electron chi connectivity index (χ4n) is 2.88. The average molecular weight is 253 g/mol. The molecule has 0 saturated carbocycles. The second-order valence-corrected chi connectivity index (χ2v) is 5.01. The van der Waals surface area contributed by atoms with Gasteiger partial charge in [-0.3, -0.25) is 0 Å². The fraction of sp³-hybridized carbons (Fsp3) is 0. The number of hydrogen-bond donors (Lipinski definition) is 0. The van der Waals surface area contributed by atoms with Crippen LogP contribution in [0.15, 0.2) is 66.7 Å². The van der Waals surface area contributed by atoms with Crippen LogP contribution in [0.2, 0.25) is 0 Å². The van der Waals surface area contributed by atoms with Crippen molar-refractivity contribution in [2.45, 2.75) is 0 Å². The van der Waals surface area contributed by atoms with E-state index in [1.165, 1.54) is 10.8 Å². The summed E-state index contributed by atoms with van der Waals surface area (Å²) in [6.07, 6.45) is 0. The Hall–Kier alpha value is -2.85. The first-order valence-corrected chi connectivity index (χ1v) is 6.61. The van der Waals surface area contributed by atoms with Crippen molar-refractivity contribution in [3.05, 3.63) is 72.3 Å². The largest absolute Gasteiger partial charge is 0.192 e. The molecule has 1 heteroatoms. The van der Waals surface area contributed by atoms with Gasteiger partial charge in [0.1, 0.15) is 6.07 Å². The van der Waals surface area contributed by atoms with Crippen LogP contribution in [0.4, 0.5) is 0 Å². The third kappa shape index (κ3) is 1.49. The lowest BCUT2D eigenvalue weighted by Gasteiger charge is -2.07. The minimum absolute atomic E-state index is 0.767. The van der Waals surface area contributed by atoms with E-state index >= 15 is 0 Å². The Morgan fingerprint density at radius 1 is 0.600 bits per heavy atom. The predicted octanol–water partition coefficient (Wildman–Crippen LogP) is 5.02. The lowest BCUT2D eigenvalue weighted by molar-refractivity contribution is 1.52. The highest BCUT2D eigenvalue weighted by Gasteiger charge is 2.07. The standard InChI is InChI=1S/C19H11N/c20-12-19-17-8-4-3-7-15(17)10-16-9-13-5-1-2-6-14(13)11-18(16)19/h1-11H. The van der Waals surface area contributed by atoms with Gasteiger partial charge in [-0.2, -0.15) is 5.26 Å². The first kappa shape index (κ1) is 11.0. The summed E-state index contributed by atoms with van der Waals surface area (Å²) < 4.78 is 0. The van der Waals surface area contributed by atoms with Crippen LogP contribution in [0.5, 0.6) is 0 Å².